The van der Waals surface area contributed by atoms with Gasteiger partial charge in [-0.1, -0.05) is 23.7 Å². The lowest BCUT2D eigenvalue weighted by molar-refractivity contribution is 0.590. The summed E-state index contributed by atoms with van der Waals surface area (Å²) in [5.41, 5.74) is 1.24. The Labute approximate surface area is 141 Å². The highest BCUT2D eigenvalue weighted by Crippen LogP contribution is 2.26. The number of para-hydroxylation sites is 1. The van der Waals surface area contributed by atoms with Crippen LogP contribution in [-0.2, 0) is 0 Å². The number of rotatable bonds is 4. The van der Waals surface area contributed by atoms with Gasteiger partial charge in [0.2, 0.25) is 5.95 Å². The normalized spacial score (nSPS) is 10.5. The van der Waals surface area contributed by atoms with E-state index < -0.39 is 11.6 Å². The second-order valence-electron chi connectivity index (χ2n) is 4.92. The van der Waals surface area contributed by atoms with Crippen molar-refractivity contribution in [3.05, 3.63) is 64.8 Å². The third-order valence-electron chi connectivity index (χ3n) is 3.29. The summed E-state index contributed by atoms with van der Waals surface area (Å²) in [5, 5.41) is 13.6. The Hall–Kier alpha value is -2.80. The summed E-state index contributed by atoms with van der Waals surface area (Å²) in [6.45, 7) is 1.85. The molecule has 0 unspecified atom stereocenters. The van der Waals surface area contributed by atoms with E-state index >= 15 is 0 Å². The molecule has 0 saturated carbocycles. The summed E-state index contributed by atoms with van der Waals surface area (Å²) < 4.78 is 27.3. The first-order chi connectivity index (χ1) is 11.5. The van der Waals surface area contributed by atoms with Crippen molar-refractivity contribution in [1.29, 1.82) is 0 Å². The van der Waals surface area contributed by atoms with Gasteiger partial charge in [-0.25, -0.2) is 8.78 Å². The number of benzene rings is 2. The molecule has 0 aliphatic carbocycles. The molecule has 122 valence electrons. The van der Waals surface area contributed by atoms with Crippen LogP contribution in [0, 0.1) is 18.6 Å². The lowest BCUT2D eigenvalue weighted by Gasteiger charge is -2.11. The Morgan fingerprint density at radius 3 is 2.46 bits per heavy atom. The molecule has 0 saturated heterocycles. The van der Waals surface area contributed by atoms with E-state index in [0.29, 0.717) is 10.8 Å². The minimum absolute atomic E-state index is 0.0383. The Kier molecular flexibility index (Phi) is 4.52. The summed E-state index contributed by atoms with van der Waals surface area (Å²) in [6.07, 6.45) is 1.39. The second-order valence-corrected chi connectivity index (χ2v) is 5.33. The van der Waals surface area contributed by atoms with Gasteiger partial charge in [0.05, 0.1) is 6.20 Å². The molecule has 8 heteroatoms. The van der Waals surface area contributed by atoms with Crippen LogP contribution in [0.5, 0.6) is 0 Å². The lowest BCUT2D eigenvalue weighted by atomic mass is 10.2. The fourth-order valence-electron chi connectivity index (χ4n) is 2.03. The van der Waals surface area contributed by atoms with Gasteiger partial charge in [-0.15, -0.1) is 5.10 Å². The zero-order valence-corrected chi connectivity index (χ0v) is 13.3. The molecule has 1 heterocycles. The van der Waals surface area contributed by atoms with Gasteiger partial charge in [-0.2, -0.15) is 10.1 Å². The molecular formula is C16H12ClF2N5. The molecule has 0 bridgehead atoms. The van der Waals surface area contributed by atoms with Crippen molar-refractivity contribution in [2.24, 2.45) is 0 Å². The largest absolute Gasteiger partial charge is 0.339 e. The predicted molar refractivity (Wildman–Crippen MR) is 88.9 cm³/mol. The van der Waals surface area contributed by atoms with Crippen LogP contribution in [0.15, 0.2) is 42.6 Å². The molecule has 0 aliphatic rings. The maximum absolute atomic E-state index is 13.7. The fourth-order valence-corrected chi connectivity index (χ4v) is 2.20. The van der Waals surface area contributed by atoms with E-state index in [1.807, 2.05) is 13.0 Å². The molecular weight excluding hydrogens is 336 g/mol. The molecule has 3 rings (SSSR count). The third kappa shape index (κ3) is 3.41. The summed E-state index contributed by atoms with van der Waals surface area (Å²) in [7, 11) is 0. The van der Waals surface area contributed by atoms with Crippen LogP contribution in [0.3, 0.4) is 0 Å². The first-order valence-corrected chi connectivity index (χ1v) is 7.35. The van der Waals surface area contributed by atoms with Crippen molar-refractivity contribution in [2.75, 3.05) is 10.6 Å². The second kappa shape index (κ2) is 6.76. The Balaban J connectivity index is 1.86. The van der Waals surface area contributed by atoms with Gasteiger partial charge in [0, 0.05) is 10.7 Å². The SMILES string of the molecule is Cc1c(Cl)cccc1Nc1cnnc(Nc2c(F)cccc2F)n1. The number of anilines is 4. The van der Waals surface area contributed by atoms with Crippen molar-refractivity contribution in [2.45, 2.75) is 6.92 Å². The highest BCUT2D eigenvalue weighted by Gasteiger charge is 2.11. The molecule has 0 radical (unpaired) electrons. The van der Waals surface area contributed by atoms with E-state index in [1.54, 1.807) is 12.1 Å². The average Bonchev–Trinajstić information content (AvgIpc) is 2.56. The van der Waals surface area contributed by atoms with Gasteiger partial charge >= 0.3 is 0 Å². The summed E-state index contributed by atoms with van der Waals surface area (Å²) in [4.78, 5) is 4.14. The van der Waals surface area contributed by atoms with Crippen molar-refractivity contribution in [1.82, 2.24) is 15.2 Å². The molecule has 2 N–H and O–H groups in total. The summed E-state index contributed by atoms with van der Waals surface area (Å²) in [6, 6.07) is 8.93. The molecule has 1 aromatic heterocycles. The fraction of sp³-hybridized carbons (Fsp3) is 0.0625. The average molecular weight is 348 g/mol. The van der Waals surface area contributed by atoms with Crippen molar-refractivity contribution < 1.29 is 8.78 Å². The summed E-state index contributed by atoms with van der Waals surface area (Å²) >= 11 is 6.07. The highest BCUT2D eigenvalue weighted by molar-refractivity contribution is 6.31. The van der Waals surface area contributed by atoms with Crippen LogP contribution >= 0.6 is 11.6 Å². The first-order valence-electron chi connectivity index (χ1n) is 6.97. The Bertz CT molecular complexity index is 868. The van der Waals surface area contributed by atoms with Crippen LogP contribution in [0.4, 0.5) is 31.9 Å². The molecule has 5 nitrogen and oxygen atoms in total. The van der Waals surface area contributed by atoms with E-state index in [4.69, 9.17) is 11.6 Å². The number of nitrogens with one attached hydrogen (secondary N) is 2. The molecule has 0 atom stereocenters. The first kappa shape index (κ1) is 16.1. The molecule has 3 aromatic rings. The van der Waals surface area contributed by atoms with Gasteiger partial charge in [0.15, 0.2) is 5.82 Å². The molecule has 0 aliphatic heterocycles. The topological polar surface area (TPSA) is 62.7 Å². The number of hydrogen-bond acceptors (Lipinski definition) is 5. The van der Waals surface area contributed by atoms with Gasteiger partial charge in [-0.05, 0) is 36.8 Å². The van der Waals surface area contributed by atoms with Crippen molar-refractivity contribution in [3.8, 4) is 0 Å². The molecule has 0 amide bonds. The van der Waals surface area contributed by atoms with Crippen LogP contribution in [0.2, 0.25) is 5.02 Å². The van der Waals surface area contributed by atoms with E-state index in [0.717, 1.165) is 23.4 Å². The maximum Gasteiger partial charge on any atom is 0.249 e. The number of hydrogen-bond donors (Lipinski definition) is 2. The Morgan fingerprint density at radius 1 is 1.00 bits per heavy atom. The third-order valence-corrected chi connectivity index (χ3v) is 3.70. The van der Waals surface area contributed by atoms with Crippen LogP contribution in [0.25, 0.3) is 0 Å². The maximum atomic E-state index is 13.7. The molecule has 24 heavy (non-hydrogen) atoms. The van der Waals surface area contributed by atoms with Gasteiger partial charge in [-0.3, -0.25) is 0 Å². The monoisotopic (exact) mass is 347 g/mol. The Morgan fingerprint density at radius 2 is 1.71 bits per heavy atom. The van der Waals surface area contributed by atoms with E-state index in [-0.39, 0.29) is 11.6 Å². The van der Waals surface area contributed by atoms with Gasteiger partial charge in [0.25, 0.3) is 0 Å². The van der Waals surface area contributed by atoms with E-state index in [1.165, 1.54) is 12.3 Å². The van der Waals surface area contributed by atoms with Gasteiger partial charge in [0.1, 0.15) is 17.3 Å². The standard InChI is InChI=1S/C16H12ClF2N5/c1-9-10(17)4-2-7-13(9)21-14-8-20-24-16(22-14)23-15-11(18)5-3-6-12(15)19/h2-8H,1H3,(H2,21,22,23,24). The minimum Gasteiger partial charge on any atom is -0.339 e. The van der Waals surface area contributed by atoms with E-state index in [2.05, 4.69) is 25.8 Å². The van der Waals surface area contributed by atoms with Crippen LogP contribution in [0.1, 0.15) is 5.56 Å². The smallest absolute Gasteiger partial charge is 0.249 e. The quantitative estimate of drug-likeness (QED) is 0.722. The molecule has 0 spiro atoms. The molecule has 2 aromatic carbocycles. The number of halogens is 3. The van der Waals surface area contributed by atoms with Gasteiger partial charge < -0.3 is 10.6 Å². The zero-order valence-electron chi connectivity index (χ0n) is 12.5. The van der Waals surface area contributed by atoms with Crippen molar-refractivity contribution >= 4 is 34.7 Å². The minimum atomic E-state index is -0.748. The van der Waals surface area contributed by atoms with E-state index in [9.17, 15) is 8.78 Å². The number of aromatic nitrogens is 3. The molecule has 0 fully saturated rings. The number of nitrogens with zero attached hydrogens (tertiary/aromatic N) is 3. The lowest BCUT2D eigenvalue weighted by Crippen LogP contribution is -2.05. The van der Waals surface area contributed by atoms with Crippen LogP contribution < -0.4 is 10.6 Å². The zero-order chi connectivity index (χ0) is 17.1. The summed E-state index contributed by atoms with van der Waals surface area (Å²) in [5.74, 6) is -1.18. The predicted octanol–water partition coefficient (Wildman–Crippen LogP) is 4.60. The van der Waals surface area contributed by atoms with Crippen molar-refractivity contribution in [3.63, 3.8) is 0 Å². The van der Waals surface area contributed by atoms with Crippen LogP contribution in [-0.4, -0.2) is 15.2 Å². The highest BCUT2D eigenvalue weighted by atomic mass is 35.5.